The quantitative estimate of drug-likeness (QED) is 0.469. The average Bonchev–Trinajstić information content (AvgIpc) is 2.99. The van der Waals surface area contributed by atoms with Gasteiger partial charge in [-0.15, -0.1) is 0 Å². The Hall–Kier alpha value is -2.38. The smallest absolute Gasteiger partial charge is 0.204 e. The van der Waals surface area contributed by atoms with Crippen molar-refractivity contribution in [2.24, 2.45) is 0 Å². The molecule has 2 aromatic rings. The molecular formula is C17H15NO2S. The van der Waals surface area contributed by atoms with Crippen LogP contribution in [0.4, 0.5) is 0 Å². The van der Waals surface area contributed by atoms with Gasteiger partial charge in [0.25, 0.3) is 0 Å². The highest BCUT2D eigenvalue weighted by molar-refractivity contribution is 7.08. The highest BCUT2D eigenvalue weighted by Gasteiger charge is 2.12. The van der Waals surface area contributed by atoms with E-state index in [1.807, 2.05) is 49.6 Å². The fraction of sp³-hybridized carbons (Fsp3) is 0.176. The van der Waals surface area contributed by atoms with Gasteiger partial charge < -0.3 is 4.74 Å². The van der Waals surface area contributed by atoms with Gasteiger partial charge >= 0.3 is 0 Å². The highest BCUT2D eigenvalue weighted by Crippen LogP contribution is 2.18. The van der Waals surface area contributed by atoms with Crippen LogP contribution in [0.2, 0.25) is 0 Å². The first-order valence-corrected chi connectivity index (χ1v) is 7.50. The molecule has 21 heavy (non-hydrogen) atoms. The molecule has 0 fully saturated rings. The molecule has 0 saturated heterocycles. The zero-order chi connectivity index (χ0) is 15.2. The number of rotatable bonds is 5. The van der Waals surface area contributed by atoms with E-state index >= 15 is 0 Å². The van der Waals surface area contributed by atoms with Gasteiger partial charge in [0, 0.05) is 10.9 Å². The van der Waals surface area contributed by atoms with Gasteiger partial charge in [-0.2, -0.15) is 16.6 Å². The zero-order valence-corrected chi connectivity index (χ0v) is 12.7. The van der Waals surface area contributed by atoms with Crippen LogP contribution in [0.3, 0.4) is 0 Å². The largest absolute Gasteiger partial charge is 0.491 e. The van der Waals surface area contributed by atoms with Gasteiger partial charge in [-0.05, 0) is 49.1 Å². The van der Waals surface area contributed by atoms with E-state index in [-0.39, 0.29) is 17.5 Å². The predicted molar refractivity (Wildman–Crippen MR) is 84.4 cm³/mol. The molecule has 2 rings (SSSR count). The topological polar surface area (TPSA) is 50.1 Å². The van der Waals surface area contributed by atoms with E-state index in [0.717, 1.165) is 11.3 Å². The molecule has 0 saturated carbocycles. The molecule has 0 aliphatic rings. The van der Waals surface area contributed by atoms with E-state index in [9.17, 15) is 4.79 Å². The Kier molecular flexibility index (Phi) is 4.91. The number of nitriles is 1. The number of nitrogens with zero attached hydrogens (tertiary/aromatic N) is 1. The molecule has 0 unspecified atom stereocenters. The Labute approximate surface area is 128 Å². The second-order valence-corrected chi connectivity index (χ2v) is 5.53. The van der Waals surface area contributed by atoms with E-state index in [0.29, 0.717) is 5.56 Å². The summed E-state index contributed by atoms with van der Waals surface area (Å²) in [6.45, 7) is 3.92. The van der Waals surface area contributed by atoms with Crippen LogP contribution in [-0.2, 0) is 0 Å². The zero-order valence-electron chi connectivity index (χ0n) is 11.9. The van der Waals surface area contributed by atoms with E-state index in [1.165, 1.54) is 11.3 Å². The average molecular weight is 297 g/mol. The number of ether oxygens (including phenoxy) is 1. The number of benzene rings is 1. The standard InChI is InChI=1S/C17H15NO2S/c1-12(2)20-16-5-3-13(4-6-16)9-15(10-18)17(19)14-7-8-21-11-14/h3-9,11-12H,1-2H3/b15-9+. The third kappa shape index (κ3) is 4.04. The summed E-state index contributed by atoms with van der Waals surface area (Å²) < 4.78 is 5.56. The summed E-state index contributed by atoms with van der Waals surface area (Å²) in [5.41, 5.74) is 1.48. The molecule has 0 radical (unpaired) electrons. The molecule has 0 aliphatic carbocycles. The van der Waals surface area contributed by atoms with Crippen LogP contribution < -0.4 is 4.74 Å². The molecule has 4 heteroatoms. The Morgan fingerprint density at radius 2 is 2.00 bits per heavy atom. The molecule has 3 nitrogen and oxygen atoms in total. The molecule has 0 aliphatic heterocycles. The van der Waals surface area contributed by atoms with Crippen molar-refractivity contribution in [2.45, 2.75) is 20.0 Å². The molecule has 1 aromatic carbocycles. The number of carbonyl (C=O) groups is 1. The number of Topliss-reactive ketones (excluding diaryl/α,β-unsaturated/α-hetero) is 1. The number of allylic oxidation sites excluding steroid dienone is 1. The van der Waals surface area contributed by atoms with Gasteiger partial charge in [0.2, 0.25) is 5.78 Å². The lowest BCUT2D eigenvalue weighted by atomic mass is 10.0. The van der Waals surface area contributed by atoms with Crippen LogP contribution in [0.25, 0.3) is 6.08 Å². The predicted octanol–water partition coefficient (Wildman–Crippen LogP) is 4.33. The van der Waals surface area contributed by atoms with Crippen molar-refractivity contribution in [3.63, 3.8) is 0 Å². The number of thiophene rings is 1. The summed E-state index contributed by atoms with van der Waals surface area (Å²) in [6, 6.07) is 11.0. The summed E-state index contributed by atoms with van der Waals surface area (Å²) in [4.78, 5) is 12.1. The molecule has 0 atom stereocenters. The second-order valence-electron chi connectivity index (χ2n) is 4.75. The summed E-state index contributed by atoms with van der Waals surface area (Å²) in [5, 5.41) is 12.7. The van der Waals surface area contributed by atoms with Crippen LogP contribution in [0.5, 0.6) is 5.75 Å². The van der Waals surface area contributed by atoms with Gasteiger partial charge in [-0.3, -0.25) is 4.79 Å². The number of hydrogen-bond donors (Lipinski definition) is 0. The van der Waals surface area contributed by atoms with Gasteiger partial charge in [0.1, 0.15) is 17.4 Å². The summed E-state index contributed by atoms with van der Waals surface area (Å²) in [7, 11) is 0. The van der Waals surface area contributed by atoms with E-state index < -0.39 is 0 Å². The Morgan fingerprint density at radius 1 is 1.29 bits per heavy atom. The van der Waals surface area contributed by atoms with Crippen molar-refractivity contribution in [3.8, 4) is 11.8 Å². The van der Waals surface area contributed by atoms with Crippen molar-refractivity contribution >= 4 is 23.2 Å². The molecule has 0 bridgehead atoms. The fourth-order valence-corrected chi connectivity index (χ4v) is 2.42. The fourth-order valence-electron chi connectivity index (χ4n) is 1.78. The third-order valence-electron chi connectivity index (χ3n) is 2.71. The van der Waals surface area contributed by atoms with Crippen LogP contribution in [-0.4, -0.2) is 11.9 Å². The highest BCUT2D eigenvalue weighted by atomic mass is 32.1. The molecule has 0 amide bonds. The molecule has 0 N–H and O–H groups in total. The molecule has 1 aromatic heterocycles. The lowest BCUT2D eigenvalue weighted by Gasteiger charge is -2.09. The van der Waals surface area contributed by atoms with Crippen molar-refractivity contribution in [2.75, 3.05) is 0 Å². The summed E-state index contributed by atoms with van der Waals surface area (Å²) in [5.74, 6) is 0.520. The van der Waals surface area contributed by atoms with Crippen molar-refractivity contribution < 1.29 is 9.53 Å². The van der Waals surface area contributed by atoms with Gasteiger partial charge in [0.05, 0.1) is 6.10 Å². The molecule has 106 valence electrons. The first kappa shape index (κ1) is 15.0. The summed E-state index contributed by atoms with van der Waals surface area (Å²) in [6.07, 6.45) is 1.71. The molecule has 0 spiro atoms. The monoisotopic (exact) mass is 297 g/mol. The Bertz CT molecular complexity index is 677. The summed E-state index contributed by atoms with van der Waals surface area (Å²) >= 11 is 1.44. The van der Waals surface area contributed by atoms with Gasteiger partial charge in [0.15, 0.2) is 0 Å². The van der Waals surface area contributed by atoms with Crippen LogP contribution in [0.1, 0.15) is 29.8 Å². The van der Waals surface area contributed by atoms with Crippen molar-refractivity contribution in [3.05, 3.63) is 57.8 Å². The van der Waals surface area contributed by atoms with E-state index in [4.69, 9.17) is 10.00 Å². The molecule has 1 heterocycles. The first-order valence-electron chi connectivity index (χ1n) is 6.55. The first-order chi connectivity index (χ1) is 10.1. The Balaban J connectivity index is 2.20. The number of ketones is 1. The van der Waals surface area contributed by atoms with Crippen molar-refractivity contribution in [1.82, 2.24) is 0 Å². The molecular weight excluding hydrogens is 282 g/mol. The van der Waals surface area contributed by atoms with Crippen LogP contribution in [0, 0.1) is 11.3 Å². The maximum Gasteiger partial charge on any atom is 0.204 e. The van der Waals surface area contributed by atoms with Gasteiger partial charge in [-0.25, -0.2) is 0 Å². The third-order valence-corrected chi connectivity index (χ3v) is 3.39. The van der Waals surface area contributed by atoms with Crippen LogP contribution in [0.15, 0.2) is 46.7 Å². The second kappa shape index (κ2) is 6.87. The SMILES string of the molecule is CC(C)Oc1ccc(/C=C(\C#N)C(=O)c2ccsc2)cc1. The minimum absolute atomic E-state index is 0.112. The van der Waals surface area contributed by atoms with Crippen LogP contribution >= 0.6 is 11.3 Å². The van der Waals surface area contributed by atoms with E-state index in [2.05, 4.69) is 0 Å². The number of hydrogen-bond acceptors (Lipinski definition) is 4. The normalized spacial score (nSPS) is 11.2. The minimum atomic E-state index is -0.249. The maximum atomic E-state index is 12.1. The number of carbonyl (C=O) groups excluding carboxylic acids is 1. The van der Waals surface area contributed by atoms with E-state index in [1.54, 1.807) is 17.5 Å². The van der Waals surface area contributed by atoms with Crippen molar-refractivity contribution in [1.29, 1.82) is 5.26 Å². The lowest BCUT2D eigenvalue weighted by molar-refractivity contribution is 0.104. The lowest BCUT2D eigenvalue weighted by Crippen LogP contribution is -2.05. The maximum absolute atomic E-state index is 12.1. The van der Waals surface area contributed by atoms with Gasteiger partial charge in [-0.1, -0.05) is 12.1 Å². The Morgan fingerprint density at radius 3 is 2.52 bits per heavy atom. The minimum Gasteiger partial charge on any atom is -0.491 e.